The molecule has 2 aromatic rings. The van der Waals surface area contributed by atoms with Crippen molar-refractivity contribution in [2.45, 2.75) is 90.6 Å². The van der Waals surface area contributed by atoms with Gasteiger partial charge in [-0.15, -0.1) is 0 Å². The van der Waals surface area contributed by atoms with Crippen LogP contribution in [0.5, 0.6) is 0 Å². The minimum absolute atomic E-state index is 0.525. The first-order valence-electron chi connectivity index (χ1n) is 14.3. The Kier molecular flexibility index (Phi) is 10.5. The number of carbonyl (C=O) groups excluding carboxylic acids is 6. The van der Waals surface area contributed by atoms with Crippen LogP contribution in [0.2, 0.25) is 0 Å². The third-order valence-corrected chi connectivity index (χ3v) is 6.99. The van der Waals surface area contributed by atoms with Gasteiger partial charge in [0.2, 0.25) is 0 Å². The Labute approximate surface area is 268 Å². The van der Waals surface area contributed by atoms with Gasteiger partial charge < -0.3 is 37.9 Å². The molecule has 0 bridgehead atoms. The monoisotopic (exact) mass is 684 g/mol. The molecular weight excluding hydrogens is 652 g/mol. The average molecular weight is 685 g/mol. The van der Waals surface area contributed by atoms with E-state index in [2.05, 4.69) is 4.98 Å². The summed E-state index contributed by atoms with van der Waals surface area (Å²) in [5.74, 6) is -5.00. The number of H-pyrrole nitrogens is 2. The van der Waals surface area contributed by atoms with Gasteiger partial charge >= 0.3 is 47.2 Å². The highest BCUT2D eigenvalue weighted by Gasteiger charge is 2.54. The molecule has 21 heteroatoms. The lowest BCUT2D eigenvalue weighted by Gasteiger charge is -2.24. The smallest absolute Gasteiger partial charge is 0.332 e. The molecule has 4 heterocycles. The number of aromatic amines is 2. The first-order valence-corrected chi connectivity index (χ1v) is 14.3. The van der Waals surface area contributed by atoms with Crippen molar-refractivity contribution in [3.05, 3.63) is 31.3 Å². The van der Waals surface area contributed by atoms with E-state index < -0.39 is 126 Å². The Balaban J connectivity index is 1.91. The van der Waals surface area contributed by atoms with Gasteiger partial charge in [0.1, 0.15) is 25.4 Å². The second-order valence-corrected chi connectivity index (χ2v) is 10.7. The number of imidazole rings is 1. The molecule has 2 aromatic heterocycles. The molecule has 2 saturated heterocycles. The Morgan fingerprint density at radius 3 is 1.33 bits per heavy atom. The predicted octanol–water partition coefficient (Wildman–Crippen LogP) is -2.17. The zero-order valence-corrected chi connectivity index (χ0v) is 26.4. The zero-order chi connectivity index (χ0) is 35.6. The van der Waals surface area contributed by atoms with E-state index in [1.807, 2.05) is 4.98 Å². The molecule has 21 nitrogen and oxygen atoms in total. The number of ether oxygens (including phenoxy) is 8. The van der Waals surface area contributed by atoms with E-state index in [-0.39, 0.29) is 0 Å². The van der Waals surface area contributed by atoms with Crippen molar-refractivity contribution in [2.24, 2.45) is 0 Å². The molecule has 262 valence electrons. The van der Waals surface area contributed by atoms with Crippen molar-refractivity contribution < 1.29 is 66.7 Å². The first-order chi connectivity index (χ1) is 22.5. The predicted molar refractivity (Wildman–Crippen MR) is 151 cm³/mol. The molecular formula is C27H32N4O17. The molecule has 0 unspecified atom stereocenters. The SMILES string of the molecule is CC(=O)OC[C@@H]1O[C@H](n2c(=O)[nH]c(=O)c3c2[nH]c(=O)n3[C@@H]2O[C@H](COC(C)=O)[C@H](OC(C)=O)[C@@H]2OC(C)=O)[C@H](OC(C)=O)[C@@H]1OC(C)=O. The summed E-state index contributed by atoms with van der Waals surface area (Å²) in [5, 5.41) is 0. The summed E-state index contributed by atoms with van der Waals surface area (Å²) in [6.45, 7) is 5.26. The lowest BCUT2D eigenvalue weighted by Crippen LogP contribution is -2.43. The molecule has 0 radical (unpaired) electrons. The second kappa shape index (κ2) is 14.2. The van der Waals surface area contributed by atoms with Crippen LogP contribution in [0.1, 0.15) is 54.0 Å². The molecule has 2 N–H and O–H groups in total. The number of nitrogens with zero attached hydrogens (tertiary/aromatic N) is 2. The van der Waals surface area contributed by atoms with Crippen molar-refractivity contribution in [3.63, 3.8) is 0 Å². The first kappa shape index (κ1) is 35.5. The molecule has 2 aliphatic heterocycles. The normalized spacial score (nSPS) is 26.5. The molecule has 0 amide bonds. The van der Waals surface area contributed by atoms with Crippen LogP contribution in [0.3, 0.4) is 0 Å². The Morgan fingerprint density at radius 1 is 0.562 bits per heavy atom. The van der Waals surface area contributed by atoms with Crippen molar-refractivity contribution in [1.82, 2.24) is 19.1 Å². The third kappa shape index (κ3) is 7.46. The fourth-order valence-electron chi connectivity index (χ4n) is 5.43. The fourth-order valence-corrected chi connectivity index (χ4v) is 5.43. The van der Waals surface area contributed by atoms with Crippen LogP contribution in [-0.2, 0) is 66.7 Å². The maximum Gasteiger partial charge on any atom is 0.332 e. The van der Waals surface area contributed by atoms with Crippen LogP contribution >= 0.6 is 0 Å². The van der Waals surface area contributed by atoms with Crippen LogP contribution in [0.25, 0.3) is 11.2 Å². The number of carbonyl (C=O) groups is 6. The third-order valence-electron chi connectivity index (χ3n) is 6.99. The lowest BCUT2D eigenvalue weighted by molar-refractivity contribution is -0.166. The molecule has 0 aliphatic carbocycles. The molecule has 0 spiro atoms. The molecule has 4 rings (SSSR count). The quantitative estimate of drug-likeness (QED) is 0.199. The summed E-state index contributed by atoms with van der Waals surface area (Å²) >= 11 is 0. The van der Waals surface area contributed by atoms with Gasteiger partial charge in [0.25, 0.3) is 5.56 Å². The maximum atomic E-state index is 13.6. The number of nitrogens with one attached hydrogen (secondary N) is 2. The van der Waals surface area contributed by atoms with E-state index in [4.69, 9.17) is 37.9 Å². The Hall–Kier alpha value is -5.31. The van der Waals surface area contributed by atoms with E-state index in [1.165, 1.54) is 0 Å². The highest BCUT2D eigenvalue weighted by atomic mass is 16.7. The second-order valence-electron chi connectivity index (χ2n) is 10.7. The fraction of sp³-hybridized carbons (Fsp3) is 0.593. The molecule has 8 atom stereocenters. The van der Waals surface area contributed by atoms with Gasteiger partial charge in [-0.25, -0.2) is 14.2 Å². The van der Waals surface area contributed by atoms with E-state index >= 15 is 0 Å². The van der Waals surface area contributed by atoms with E-state index in [0.717, 1.165) is 41.5 Å². The minimum Gasteiger partial charge on any atom is -0.463 e. The van der Waals surface area contributed by atoms with Crippen LogP contribution in [0, 0.1) is 0 Å². The summed E-state index contributed by atoms with van der Waals surface area (Å²) < 4.78 is 44.5. The topological polar surface area (TPSA) is 269 Å². The highest BCUT2D eigenvalue weighted by Crippen LogP contribution is 2.37. The van der Waals surface area contributed by atoms with Gasteiger partial charge in [-0.05, 0) is 0 Å². The number of fused-ring (bicyclic) bond motifs is 1. The number of aromatic nitrogens is 4. The van der Waals surface area contributed by atoms with Gasteiger partial charge in [-0.2, -0.15) is 0 Å². The highest BCUT2D eigenvalue weighted by molar-refractivity contribution is 5.71. The minimum atomic E-state index is -1.72. The molecule has 2 fully saturated rings. The van der Waals surface area contributed by atoms with Crippen LogP contribution in [0.15, 0.2) is 14.4 Å². The summed E-state index contributed by atoms with van der Waals surface area (Å²) in [6, 6.07) is 0. The summed E-state index contributed by atoms with van der Waals surface area (Å²) in [4.78, 5) is 116. The van der Waals surface area contributed by atoms with E-state index in [0.29, 0.717) is 9.13 Å². The number of hydrogen-bond acceptors (Lipinski definition) is 17. The van der Waals surface area contributed by atoms with Crippen molar-refractivity contribution in [2.75, 3.05) is 13.2 Å². The van der Waals surface area contributed by atoms with Crippen molar-refractivity contribution in [3.8, 4) is 0 Å². The molecule has 0 saturated carbocycles. The van der Waals surface area contributed by atoms with Crippen LogP contribution in [-0.4, -0.2) is 105 Å². The van der Waals surface area contributed by atoms with Gasteiger partial charge in [0.05, 0.1) is 0 Å². The van der Waals surface area contributed by atoms with Crippen molar-refractivity contribution >= 4 is 47.0 Å². The van der Waals surface area contributed by atoms with Crippen LogP contribution in [0.4, 0.5) is 0 Å². The maximum absolute atomic E-state index is 13.6. The molecule has 0 aromatic carbocycles. The zero-order valence-electron chi connectivity index (χ0n) is 26.4. The molecule has 48 heavy (non-hydrogen) atoms. The molecule has 2 aliphatic rings. The van der Waals surface area contributed by atoms with Gasteiger partial charge in [-0.1, -0.05) is 0 Å². The summed E-state index contributed by atoms with van der Waals surface area (Å²) in [5.41, 5.74) is -4.57. The summed E-state index contributed by atoms with van der Waals surface area (Å²) in [6.07, 6.45) is -12.1. The van der Waals surface area contributed by atoms with Crippen LogP contribution < -0.4 is 16.9 Å². The number of esters is 6. The standard InChI is InChI=1S/C27H32N4O17/c1-9(32)41-7-15-18(43-11(3)34)20(45-13(5)36)24(47-15)30-17-22(28-26(30)39)31(27(40)29-23(17)38)25-21(46-14(6)37)19(44-12(4)35)16(48-25)8-42-10(2)33/h15-16,18-21,24-25H,7-8H2,1-6H3,(H,28,39)(H,29,38,40)/t15-,16+,18+,19-,20+,21-,24-,25+/m1/s1. The van der Waals surface area contributed by atoms with Crippen molar-refractivity contribution in [1.29, 1.82) is 0 Å². The number of rotatable bonds is 10. The van der Waals surface area contributed by atoms with E-state index in [9.17, 15) is 43.2 Å². The van der Waals surface area contributed by atoms with Gasteiger partial charge in [0.15, 0.2) is 48.0 Å². The van der Waals surface area contributed by atoms with E-state index in [1.54, 1.807) is 0 Å². The summed E-state index contributed by atoms with van der Waals surface area (Å²) in [7, 11) is 0. The number of hydrogen-bond donors (Lipinski definition) is 2. The Bertz CT molecular complexity index is 1800. The lowest BCUT2D eigenvalue weighted by atomic mass is 10.1. The van der Waals surface area contributed by atoms with Gasteiger partial charge in [-0.3, -0.25) is 48.1 Å². The largest absolute Gasteiger partial charge is 0.463 e. The Morgan fingerprint density at radius 2 is 0.938 bits per heavy atom. The van der Waals surface area contributed by atoms with Gasteiger partial charge in [0, 0.05) is 41.5 Å². The average Bonchev–Trinajstić information content (AvgIpc) is 3.57.